The summed E-state index contributed by atoms with van der Waals surface area (Å²) in [5, 5.41) is 14.2. The maximum atomic E-state index is 12.7. The largest absolute Gasteiger partial charge is 0.335 e. The Labute approximate surface area is 192 Å². The number of aromatic nitrogens is 3. The molecule has 2 aromatic carbocycles. The molecule has 3 amide bonds. The van der Waals surface area contributed by atoms with Gasteiger partial charge in [-0.2, -0.15) is 0 Å². The molecule has 2 N–H and O–H groups in total. The van der Waals surface area contributed by atoms with Gasteiger partial charge in [-0.05, 0) is 31.9 Å². The fraction of sp³-hybridized carbons (Fsp3) is 0.333. The molecule has 0 aliphatic heterocycles. The summed E-state index contributed by atoms with van der Waals surface area (Å²) in [6, 6.07) is 19.3. The van der Waals surface area contributed by atoms with E-state index >= 15 is 0 Å². The highest BCUT2D eigenvalue weighted by Crippen LogP contribution is 2.30. The van der Waals surface area contributed by atoms with Crippen LogP contribution in [0.3, 0.4) is 0 Å². The fourth-order valence-corrected chi connectivity index (χ4v) is 4.69. The highest BCUT2D eigenvalue weighted by Gasteiger charge is 2.24. The first kappa shape index (κ1) is 22.1. The molecule has 1 aliphatic rings. The minimum atomic E-state index is -0.526. The zero-order valence-corrected chi connectivity index (χ0v) is 18.8. The summed E-state index contributed by atoms with van der Waals surface area (Å²) in [5.74, 6) is 0.342. The number of hydrogen-bond donors (Lipinski definition) is 2. The van der Waals surface area contributed by atoms with Gasteiger partial charge >= 0.3 is 6.03 Å². The van der Waals surface area contributed by atoms with E-state index in [1.165, 1.54) is 18.2 Å². The van der Waals surface area contributed by atoms with Gasteiger partial charge in [0.2, 0.25) is 5.91 Å². The van der Waals surface area contributed by atoms with Crippen molar-refractivity contribution in [1.82, 2.24) is 25.4 Å². The molecule has 4 rings (SSSR count). The number of benzene rings is 2. The Bertz CT molecular complexity index is 1050. The van der Waals surface area contributed by atoms with Gasteiger partial charge in [0.25, 0.3) is 0 Å². The number of thioether (sulfide) groups is 1. The standard InChI is InChI=1S/C24H27N5O2S/c1-17(22(30)26-23(31)25-19-13-7-3-8-14-19)32-24-28-27-21(18-11-5-2-6-12-18)29(24)20-15-9-4-10-16-20/h2,4-6,9-12,15-17,19H,3,7-8,13-14H2,1H3,(H2,25,26,30,31). The van der Waals surface area contributed by atoms with E-state index in [0.717, 1.165) is 36.9 Å². The van der Waals surface area contributed by atoms with Gasteiger partial charge in [0.05, 0.1) is 5.25 Å². The molecule has 166 valence electrons. The van der Waals surface area contributed by atoms with Crippen molar-refractivity contribution in [3.8, 4) is 17.1 Å². The van der Waals surface area contributed by atoms with Crippen LogP contribution in [0, 0.1) is 0 Å². The summed E-state index contributed by atoms with van der Waals surface area (Å²) in [4.78, 5) is 24.9. The first-order valence-corrected chi connectivity index (χ1v) is 11.8. The van der Waals surface area contributed by atoms with Crippen molar-refractivity contribution >= 4 is 23.7 Å². The van der Waals surface area contributed by atoms with E-state index in [1.807, 2.05) is 65.2 Å². The van der Waals surface area contributed by atoms with Gasteiger partial charge in [0.1, 0.15) is 0 Å². The van der Waals surface area contributed by atoms with Gasteiger partial charge in [0.15, 0.2) is 11.0 Å². The molecule has 0 saturated heterocycles. The number of nitrogens with one attached hydrogen (secondary N) is 2. The van der Waals surface area contributed by atoms with Gasteiger partial charge in [-0.25, -0.2) is 4.79 Å². The summed E-state index contributed by atoms with van der Waals surface area (Å²) < 4.78 is 1.94. The van der Waals surface area contributed by atoms with Crippen molar-refractivity contribution in [2.45, 2.75) is 55.5 Å². The molecule has 7 nitrogen and oxygen atoms in total. The number of carbonyl (C=O) groups is 2. The number of rotatable bonds is 6. The average molecular weight is 450 g/mol. The topological polar surface area (TPSA) is 88.9 Å². The Morgan fingerprint density at radius 2 is 1.62 bits per heavy atom. The molecule has 0 radical (unpaired) electrons. The molecule has 1 saturated carbocycles. The minimum Gasteiger partial charge on any atom is -0.335 e. The second-order valence-electron chi connectivity index (χ2n) is 7.90. The van der Waals surface area contributed by atoms with Crippen LogP contribution in [0.1, 0.15) is 39.0 Å². The summed E-state index contributed by atoms with van der Waals surface area (Å²) in [7, 11) is 0. The van der Waals surface area contributed by atoms with Crippen molar-refractivity contribution < 1.29 is 9.59 Å². The average Bonchev–Trinajstić information content (AvgIpc) is 3.24. The summed E-state index contributed by atoms with van der Waals surface area (Å²) in [6.45, 7) is 1.76. The second kappa shape index (κ2) is 10.5. The Morgan fingerprint density at radius 3 is 2.31 bits per heavy atom. The van der Waals surface area contributed by atoms with E-state index in [2.05, 4.69) is 20.8 Å². The maximum absolute atomic E-state index is 12.7. The molecule has 1 unspecified atom stereocenters. The molecule has 1 aliphatic carbocycles. The van der Waals surface area contributed by atoms with E-state index < -0.39 is 11.3 Å². The highest BCUT2D eigenvalue weighted by atomic mass is 32.2. The molecule has 0 spiro atoms. The third-order valence-electron chi connectivity index (χ3n) is 5.51. The number of carbonyl (C=O) groups excluding carboxylic acids is 2. The van der Waals surface area contributed by atoms with Crippen molar-refractivity contribution in [2.75, 3.05) is 0 Å². The third-order valence-corrected chi connectivity index (χ3v) is 6.55. The maximum Gasteiger partial charge on any atom is 0.321 e. The summed E-state index contributed by atoms with van der Waals surface area (Å²) in [6.07, 6.45) is 5.37. The van der Waals surface area contributed by atoms with Crippen LogP contribution in [0.5, 0.6) is 0 Å². The van der Waals surface area contributed by atoms with Crippen LogP contribution in [0.4, 0.5) is 4.79 Å². The van der Waals surface area contributed by atoms with Gasteiger partial charge < -0.3 is 5.32 Å². The lowest BCUT2D eigenvalue weighted by molar-refractivity contribution is -0.119. The van der Waals surface area contributed by atoms with E-state index in [9.17, 15) is 9.59 Å². The molecule has 32 heavy (non-hydrogen) atoms. The van der Waals surface area contributed by atoms with Crippen LogP contribution in [0.15, 0.2) is 65.8 Å². The molecular weight excluding hydrogens is 422 g/mol. The number of hydrogen-bond acceptors (Lipinski definition) is 5. The number of imide groups is 1. The molecule has 8 heteroatoms. The van der Waals surface area contributed by atoms with Gasteiger partial charge in [-0.1, -0.05) is 79.6 Å². The lowest BCUT2D eigenvalue weighted by atomic mass is 9.96. The van der Waals surface area contributed by atoms with Crippen LogP contribution in [-0.2, 0) is 4.79 Å². The summed E-state index contributed by atoms with van der Waals surface area (Å²) in [5.41, 5.74) is 1.83. The molecule has 0 bridgehead atoms. The summed E-state index contributed by atoms with van der Waals surface area (Å²) >= 11 is 1.27. The Morgan fingerprint density at radius 1 is 0.969 bits per heavy atom. The van der Waals surface area contributed by atoms with Crippen LogP contribution in [-0.4, -0.2) is 38.0 Å². The van der Waals surface area contributed by atoms with Crippen molar-refractivity contribution in [3.63, 3.8) is 0 Å². The van der Waals surface area contributed by atoms with E-state index in [4.69, 9.17) is 0 Å². The zero-order valence-electron chi connectivity index (χ0n) is 18.0. The lowest BCUT2D eigenvalue weighted by Gasteiger charge is -2.23. The van der Waals surface area contributed by atoms with E-state index in [0.29, 0.717) is 11.0 Å². The third kappa shape index (κ3) is 5.37. The van der Waals surface area contributed by atoms with Crippen molar-refractivity contribution in [3.05, 3.63) is 60.7 Å². The predicted molar refractivity (Wildman–Crippen MR) is 126 cm³/mol. The molecule has 3 aromatic rings. The Kier molecular flexibility index (Phi) is 7.21. The number of urea groups is 1. The quantitative estimate of drug-likeness (QED) is 0.538. The van der Waals surface area contributed by atoms with Gasteiger partial charge in [-0.3, -0.25) is 14.7 Å². The van der Waals surface area contributed by atoms with Gasteiger partial charge in [0, 0.05) is 17.3 Å². The first-order valence-electron chi connectivity index (χ1n) is 11.0. The van der Waals surface area contributed by atoms with E-state index in [-0.39, 0.29) is 11.9 Å². The first-order chi connectivity index (χ1) is 15.6. The van der Waals surface area contributed by atoms with Crippen LogP contribution in [0.2, 0.25) is 0 Å². The number of nitrogens with zero attached hydrogens (tertiary/aromatic N) is 3. The van der Waals surface area contributed by atoms with Crippen molar-refractivity contribution in [2.24, 2.45) is 0 Å². The molecule has 1 heterocycles. The normalized spacial score (nSPS) is 15.2. The number of para-hydroxylation sites is 1. The zero-order chi connectivity index (χ0) is 22.3. The van der Waals surface area contributed by atoms with Crippen LogP contribution < -0.4 is 10.6 Å². The van der Waals surface area contributed by atoms with Gasteiger partial charge in [-0.15, -0.1) is 10.2 Å². The Balaban J connectivity index is 1.49. The molecular formula is C24H27N5O2S. The molecule has 1 aromatic heterocycles. The van der Waals surface area contributed by atoms with E-state index in [1.54, 1.807) is 6.92 Å². The highest BCUT2D eigenvalue weighted by molar-refractivity contribution is 8.00. The SMILES string of the molecule is CC(Sc1nnc(-c2ccccc2)n1-c1ccccc1)C(=O)NC(=O)NC1CCCCC1. The predicted octanol–water partition coefficient (Wildman–Crippen LogP) is 4.57. The molecule has 1 fully saturated rings. The fourth-order valence-electron chi connectivity index (χ4n) is 3.82. The van der Waals surface area contributed by atoms with Crippen LogP contribution >= 0.6 is 11.8 Å². The number of amides is 3. The smallest absolute Gasteiger partial charge is 0.321 e. The van der Waals surface area contributed by atoms with Crippen LogP contribution in [0.25, 0.3) is 17.1 Å². The lowest BCUT2D eigenvalue weighted by Crippen LogP contribution is -2.47. The second-order valence-corrected chi connectivity index (χ2v) is 9.21. The monoisotopic (exact) mass is 449 g/mol. The Hall–Kier alpha value is -3.13. The van der Waals surface area contributed by atoms with Crippen molar-refractivity contribution in [1.29, 1.82) is 0 Å². The molecule has 1 atom stereocenters. The minimum absolute atomic E-state index is 0.147.